The van der Waals surface area contributed by atoms with E-state index in [4.69, 9.17) is 4.74 Å². The zero-order valence-corrected chi connectivity index (χ0v) is 9.49. The van der Waals surface area contributed by atoms with Crippen LogP contribution in [0.3, 0.4) is 0 Å². The van der Waals surface area contributed by atoms with Gasteiger partial charge in [0.25, 0.3) is 6.01 Å². The van der Waals surface area contributed by atoms with Crippen LogP contribution in [0.1, 0.15) is 12.8 Å². The third-order valence-corrected chi connectivity index (χ3v) is 2.87. The van der Waals surface area contributed by atoms with Gasteiger partial charge in [-0.3, -0.25) is 4.79 Å². The number of amides is 1. The number of benzene rings is 1. The number of rotatable bonds is 3. The van der Waals surface area contributed by atoms with E-state index in [1.807, 2.05) is 18.2 Å². The molecule has 1 fully saturated rings. The Morgan fingerprint density at radius 3 is 3.06 bits per heavy atom. The lowest BCUT2D eigenvalue weighted by Gasteiger charge is -2.03. The van der Waals surface area contributed by atoms with Crippen LogP contribution in [0.2, 0.25) is 0 Å². The van der Waals surface area contributed by atoms with Crippen LogP contribution >= 0.6 is 0 Å². The number of imidazole rings is 1. The molecular weight excluding hydrogens is 218 g/mol. The lowest BCUT2D eigenvalue weighted by atomic mass is 10.2. The van der Waals surface area contributed by atoms with Crippen molar-refractivity contribution in [3.8, 4) is 6.01 Å². The second-order valence-electron chi connectivity index (χ2n) is 4.24. The number of H-pyrrole nitrogens is 1. The number of hydrogen-bond donors (Lipinski definition) is 2. The number of aromatic nitrogens is 2. The Morgan fingerprint density at radius 2 is 2.35 bits per heavy atom. The molecule has 1 aromatic carbocycles. The molecule has 88 valence electrons. The highest BCUT2D eigenvalue weighted by Crippen LogP contribution is 2.30. The molecule has 1 aliphatic rings. The minimum atomic E-state index is 0.107. The number of fused-ring (bicyclic) bond motifs is 1. The first kappa shape index (κ1) is 10.1. The van der Waals surface area contributed by atoms with Gasteiger partial charge in [-0.2, -0.15) is 4.98 Å². The first-order valence-electron chi connectivity index (χ1n) is 5.61. The van der Waals surface area contributed by atoms with E-state index in [1.54, 1.807) is 7.11 Å². The molecule has 1 heterocycles. The van der Waals surface area contributed by atoms with Gasteiger partial charge in [0, 0.05) is 11.6 Å². The van der Waals surface area contributed by atoms with Gasteiger partial charge in [-0.15, -0.1) is 0 Å². The van der Waals surface area contributed by atoms with Crippen molar-refractivity contribution in [1.82, 2.24) is 9.97 Å². The molecule has 17 heavy (non-hydrogen) atoms. The van der Waals surface area contributed by atoms with Gasteiger partial charge in [-0.05, 0) is 31.0 Å². The van der Waals surface area contributed by atoms with E-state index in [0.29, 0.717) is 6.01 Å². The lowest BCUT2D eigenvalue weighted by molar-refractivity contribution is -0.117. The molecule has 5 heteroatoms. The molecule has 0 unspecified atom stereocenters. The molecular formula is C12H13N3O2. The third kappa shape index (κ3) is 1.95. The molecule has 1 aliphatic carbocycles. The van der Waals surface area contributed by atoms with Gasteiger partial charge in [-0.25, -0.2) is 0 Å². The van der Waals surface area contributed by atoms with Gasteiger partial charge in [0.1, 0.15) is 0 Å². The van der Waals surface area contributed by atoms with Gasteiger partial charge in [0.2, 0.25) is 5.91 Å². The van der Waals surface area contributed by atoms with Crippen molar-refractivity contribution in [3.63, 3.8) is 0 Å². The summed E-state index contributed by atoms with van der Waals surface area (Å²) >= 11 is 0. The standard InChI is InChI=1S/C12H13N3O2/c1-17-12-14-9-5-4-8(6-10(9)15-12)13-11(16)7-2-3-7/h4-7H,2-3H2,1H3,(H,13,16)(H,14,15). The summed E-state index contributed by atoms with van der Waals surface area (Å²) in [5.41, 5.74) is 2.47. The molecule has 3 rings (SSSR count). The van der Waals surface area contributed by atoms with Crippen LogP contribution in [-0.4, -0.2) is 23.0 Å². The van der Waals surface area contributed by atoms with E-state index in [9.17, 15) is 4.79 Å². The SMILES string of the molecule is COc1nc2ccc(NC(=O)C3CC3)cc2[nH]1. The highest BCUT2D eigenvalue weighted by Gasteiger charge is 2.29. The largest absolute Gasteiger partial charge is 0.468 e. The molecule has 0 saturated heterocycles. The Balaban J connectivity index is 1.87. The molecule has 5 nitrogen and oxygen atoms in total. The molecule has 1 saturated carbocycles. The Kier molecular flexibility index (Phi) is 2.24. The Hall–Kier alpha value is -2.04. The number of carbonyl (C=O) groups excluding carboxylic acids is 1. The summed E-state index contributed by atoms with van der Waals surface area (Å²) in [6.45, 7) is 0. The topological polar surface area (TPSA) is 67.0 Å². The van der Waals surface area contributed by atoms with E-state index in [2.05, 4.69) is 15.3 Å². The minimum Gasteiger partial charge on any atom is -0.468 e. The predicted molar refractivity (Wildman–Crippen MR) is 64.0 cm³/mol. The van der Waals surface area contributed by atoms with Gasteiger partial charge in [-0.1, -0.05) is 0 Å². The minimum absolute atomic E-state index is 0.107. The van der Waals surface area contributed by atoms with Gasteiger partial charge >= 0.3 is 0 Å². The van der Waals surface area contributed by atoms with Crippen molar-refractivity contribution in [2.45, 2.75) is 12.8 Å². The quantitative estimate of drug-likeness (QED) is 0.848. The average molecular weight is 231 g/mol. The number of hydrogen-bond acceptors (Lipinski definition) is 3. The molecule has 0 bridgehead atoms. The van der Waals surface area contributed by atoms with Crippen molar-refractivity contribution >= 4 is 22.6 Å². The van der Waals surface area contributed by atoms with Crippen LogP contribution in [-0.2, 0) is 4.79 Å². The number of nitrogens with zero attached hydrogens (tertiary/aromatic N) is 1. The Morgan fingerprint density at radius 1 is 1.53 bits per heavy atom. The maximum absolute atomic E-state index is 11.6. The maximum Gasteiger partial charge on any atom is 0.294 e. The van der Waals surface area contributed by atoms with Crippen LogP contribution < -0.4 is 10.1 Å². The number of aromatic amines is 1. The van der Waals surface area contributed by atoms with Crippen molar-refractivity contribution in [1.29, 1.82) is 0 Å². The van der Waals surface area contributed by atoms with Crippen molar-refractivity contribution < 1.29 is 9.53 Å². The van der Waals surface area contributed by atoms with Crippen LogP contribution in [0.4, 0.5) is 5.69 Å². The van der Waals surface area contributed by atoms with E-state index in [-0.39, 0.29) is 11.8 Å². The first-order chi connectivity index (χ1) is 8.26. The van der Waals surface area contributed by atoms with Gasteiger partial charge in [0.05, 0.1) is 18.1 Å². The van der Waals surface area contributed by atoms with Crippen LogP contribution in [0, 0.1) is 5.92 Å². The van der Waals surface area contributed by atoms with Crippen LogP contribution in [0.15, 0.2) is 18.2 Å². The van der Waals surface area contributed by atoms with Crippen LogP contribution in [0.25, 0.3) is 11.0 Å². The number of ether oxygens (including phenoxy) is 1. The molecule has 2 N–H and O–H groups in total. The normalized spacial score (nSPS) is 14.9. The number of methoxy groups -OCH3 is 1. The zero-order valence-electron chi connectivity index (χ0n) is 9.49. The molecule has 0 radical (unpaired) electrons. The molecule has 0 aliphatic heterocycles. The number of nitrogens with one attached hydrogen (secondary N) is 2. The van der Waals surface area contributed by atoms with E-state index in [0.717, 1.165) is 29.6 Å². The van der Waals surface area contributed by atoms with Crippen LogP contribution in [0.5, 0.6) is 6.01 Å². The number of anilines is 1. The Bertz CT molecular complexity index is 572. The molecule has 0 atom stereocenters. The summed E-state index contributed by atoms with van der Waals surface area (Å²) in [6, 6.07) is 6.05. The molecule has 0 spiro atoms. The van der Waals surface area contributed by atoms with Crippen molar-refractivity contribution in [2.24, 2.45) is 5.92 Å². The first-order valence-corrected chi connectivity index (χ1v) is 5.61. The summed E-state index contributed by atoms with van der Waals surface area (Å²) in [4.78, 5) is 18.8. The molecule has 1 amide bonds. The van der Waals surface area contributed by atoms with E-state index < -0.39 is 0 Å². The Labute approximate surface area is 98.2 Å². The molecule has 1 aromatic heterocycles. The summed E-state index contributed by atoms with van der Waals surface area (Å²) in [6.07, 6.45) is 2.01. The fraction of sp³-hybridized carbons (Fsp3) is 0.333. The highest BCUT2D eigenvalue weighted by molar-refractivity contribution is 5.95. The average Bonchev–Trinajstić information content (AvgIpc) is 3.09. The summed E-state index contributed by atoms with van der Waals surface area (Å²) < 4.78 is 5.01. The van der Waals surface area contributed by atoms with E-state index >= 15 is 0 Å². The third-order valence-electron chi connectivity index (χ3n) is 2.87. The second-order valence-corrected chi connectivity index (χ2v) is 4.24. The summed E-state index contributed by atoms with van der Waals surface area (Å²) in [7, 11) is 1.56. The fourth-order valence-electron chi connectivity index (χ4n) is 1.75. The zero-order chi connectivity index (χ0) is 11.8. The monoisotopic (exact) mass is 231 g/mol. The highest BCUT2D eigenvalue weighted by atomic mass is 16.5. The number of carbonyl (C=O) groups is 1. The second kappa shape index (κ2) is 3.76. The maximum atomic E-state index is 11.6. The predicted octanol–water partition coefficient (Wildman–Crippen LogP) is 1.92. The lowest BCUT2D eigenvalue weighted by Crippen LogP contribution is -2.12. The molecule has 2 aromatic rings. The van der Waals surface area contributed by atoms with Crippen molar-refractivity contribution in [3.05, 3.63) is 18.2 Å². The smallest absolute Gasteiger partial charge is 0.294 e. The summed E-state index contributed by atoms with van der Waals surface area (Å²) in [5.74, 6) is 0.317. The fourth-order valence-corrected chi connectivity index (χ4v) is 1.75. The summed E-state index contributed by atoms with van der Waals surface area (Å²) in [5, 5.41) is 2.90. The van der Waals surface area contributed by atoms with Gasteiger partial charge in [0.15, 0.2) is 0 Å². The van der Waals surface area contributed by atoms with Gasteiger partial charge < -0.3 is 15.0 Å². The van der Waals surface area contributed by atoms with Crippen molar-refractivity contribution in [2.75, 3.05) is 12.4 Å². The van der Waals surface area contributed by atoms with E-state index in [1.165, 1.54) is 0 Å².